The van der Waals surface area contributed by atoms with Gasteiger partial charge in [0, 0.05) is 26.0 Å². The van der Waals surface area contributed by atoms with Crippen molar-refractivity contribution in [3.05, 3.63) is 30.1 Å². The third kappa shape index (κ3) is 10.5. The lowest BCUT2D eigenvalue weighted by Crippen LogP contribution is -2.42. The van der Waals surface area contributed by atoms with E-state index in [2.05, 4.69) is 20.6 Å². The van der Waals surface area contributed by atoms with Gasteiger partial charge in [0.25, 0.3) is 0 Å². The SMILES string of the molecule is CN=C(NCc1ccccn1)NCC(C)(C)CCS(C)(=O)=O.I. The average molecular weight is 454 g/mol. The fourth-order valence-corrected chi connectivity index (χ4v) is 2.69. The van der Waals surface area contributed by atoms with Gasteiger partial charge in [-0.1, -0.05) is 19.9 Å². The summed E-state index contributed by atoms with van der Waals surface area (Å²) < 4.78 is 22.5. The summed E-state index contributed by atoms with van der Waals surface area (Å²) in [6.07, 6.45) is 3.63. The summed E-state index contributed by atoms with van der Waals surface area (Å²) in [6, 6.07) is 5.76. The van der Waals surface area contributed by atoms with E-state index in [1.807, 2.05) is 32.0 Å². The molecule has 0 atom stereocenters. The molecule has 0 aliphatic carbocycles. The molecule has 23 heavy (non-hydrogen) atoms. The molecular formula is C15H27IN4O2S. The second-order valence-corrected chi connectivity index (χ2v) is 8.40. The van der Waals surface area contributed by atoms with Gasteiger partial charge in [-0.3, -0.25) is 9.98 Å². The second-order valence-electron chi connectivity index (χ2n) is 6.14. The van der Waals surface area contributed by atoms with Gasteiger partial charge < -0.3 is 10.6 Å². The summed E-state index contributed by atoms with van der Waals surface area (Å²) in [5.41, 5.74) is 0.799. The number of aliphatic imine (C=N–C) groups is 1. The largest absolute Gasteiger partial charge is 0.356 e. The number of guanidine groups is 1. The number of nitrogens with zero attached hydrogens (tertiary/aromatic N) is 2. The van der Waals surface area contributed by atoms with Crippen molar-refractivity contribution in [2.24, 2.45) is 10.4 Å². The first-order valence-corrected chi connectivity index (χ1v) is 9.30. The van der Waals surface area contributed by atoms with Crippen LogP contribution in [0.5, 0.6) is 0 Å². The highest BCUT2D eigenvalue weighted by atomic mass is 127. The Hall–Kier alpha value is -0.900. The number of pyridine rings is 1. The van der Waals surface area contributed by atoms with E-state index < -0.39 is 9.84 Å². The van der Waals surface area contributed by atoms with Gasteiger partial charge in [0.1, 0.15) is 9.84 Å². The molecule has 0 aliphatic heterocycles. The molecule has 8 heteroatoms. The molecule has 0 saturated heterocycles. The van der Waals surface area contributed by atoms with Gasteiger partial charge in [0.05, 0.1) is 18.0 Å². The highest BCUT2D eigenvalue weighted by Gasteiger charge is 2.20. The first kappa shape index (κ1) is 22.1. The molecule has 0 radical (unpaired) electrons. The first-order chi connectivity index (χ1) is 10.2. The van der Waals surface area contributed by atoms with Crippen LogP contribution in [0.4, 0.5) is 0 Å². The fraction of sp³-hybridized carbons (Fsp3) is 0.600. The first-order valence-electron chi connectivity index (χ1n) is 7.24. The Kier molecular flexibility index (Phi) is 9.67. The predicted octanol–water partition coefficient (Wildman–Crippen LogP) is 1.83. The van der Waals surface area contributed by atoms with Crippen molar-refractivity contribution < 1.29 is 8.42 Å². The molecule has 1 rings (SSSR count). The van der Waals surface area contributed by atoms with Crippen LogP contribution in [0.15, 0.2) is 29.4 Å². The standard InChI is InChI=1S/C15H26N4O2S.HI/c1-15(2,8-10-22(4,20)21)12-19-14(16-3)18-11-13-7-5-6-9-17-13;/h5-7,9H,8,10-12H2,1-4H3,(H2,16,18,19);1H. The molecule has 1 aromatic rings. The summed E-state index contributed by atoms with van der Waals surface area (Å²) in [5.74, 6) is 0.875. The molecule has 1 heterocycles. The van der Waals surface area contributed by atoms with Gasteiger partial charge in [-0.2, -0.15) is 0 Å². The monoisotopic (exact) mass is 454 g/mol. The number of hydrogen-bond donors (Lipinski definition) is 2. The molecule has 0 bridgehead atoms. The van der Waals surface area contributed by atoms with Crippen molar-refractivity contribution in [3.63, 3.8) is 0 Å². The van der Waals surface area contributed by atoms with Crippen LogP contribution in [0.2, 0.25) is 0 Å². The maximum absolute atomic E-state index is 11.3. The normalized spacial score (nSPS) is 12.4. The molecule has 132 valence electrons. The fourth-order valence-electron chi connectivity index (χ4n) is 1.77. The third-order valence-corrected chi connectivity index (χ3v) is 4.22. The Morgan fingerprint density at radius 1 is 1.30 bits per heavy atom. The molecule has 6 nitrogen and oxygen atoms in total. The Labute approximate surface area is 156 Å². The minimum Gasteiger partial charge on any atom is -0.356 e. The van der Waals surface area contributed by atoms with Crippen LogP contribution < -0.4 is 10.6 Å². The molecule has 0 spiro atoms. The third-order valence-electron chi connectivity index (χ3n) is 3.27. The van der Waals surface area contributed by atoms with Gasteiger partial charge in [-0.05, 0) is 24.0 Å². The van der Waals surface area contributed by atoms with Gasteiger partial charge in [-0.25, -0.2) is 8.42 Å². The van der Waals surface area contributed by atoms with Crippen LogP contribution in [-0.2, 0) is 16.4 Å². The number of sulfone groups is 1. The van der Waals surface area contributed by atoms with E-state index in [0.29, 0.717) is 25.5 Å². The zero-order chi connectivity index (χ0) is 16.6. The zero-order valence-electron chi connectivity index (χ0n) is 14.2. The lowest BCUT2D eigenvalue weighted by atomic mass is 9.90. The van der Waals surface area contributed by atoms with Crippen molar-refractivity contribution in [2.45, 2.75) is 26.8 Å². The van der Waals surface area contributed by atoms with E-state index in [9.17, 15) is 8.42 Å². The average Bonchev–Trinajstić information content (AvgIpc) is 2.46. The van der Waals surface area contributed by atoms with Gasteiger partial charge in [0.15, 0.2) is 5.96 Å². The molecule has 0 aliphatic rings. The minimum absolute atomic E-state index is 0. The van der Waals surface area contributed by atoms with E-state index in [1.54, 1.807) is 13.2 Å². The number of hydrogen-bond acceptors (Lipinski definition) is 4. The van der Waals surface area contributed by atoms with Crippen molar-refractivity contribution in [2.75, 3.05) is 25.6 Å². The van der Waals surface area contributed by atoms with Crippen LogP contribution in [0, 0.1) is 5.41 Å². The number of nitrogens with one attached hydrogen (secondary N) is 2. The van der Waals surface area contributed by atoms with Crippen molar-refractivity contribution in [1.82, 2.24) is 15.6 Å². The summed E-state index contributed by atoms with van der Waals surface area (Å²) >= 11 is 0. The summed E-state index contributed by atoms with van der Waals surface area (Å²) in [5, 5.41) is 6.42. The number of aromatic nitrogens is 1. The Balaban J connectivity index is 0.00000484. The van der Waals surface area contributed by atoms with Crippen LogP contribution in [0.1, 0.15) is 26.0 Å². The topological polar surface area (TPSA) is 83.4 Å². The van der Waals surface area contributed by atoms with E-state index in [4.69, 9.17) is 0 Å². The Morgan fingerprint density at radius 2 is 2.00 bits per heavy atom. The lowest BCUT2D eigenvalue weighted by Gasteiger charge is -2.25. The summed E-state index contributed by atoms with van der Waals surface area (Å²) in [4.78, 5) is 8.40. The lowest BCUT2D eigenvalue weighted by molar-refractivity contribution is 0.348. The van der Waals surface area contributed by atoms with Crippen LogP contribution in [-0.4, -0.2) is 45.0 Å². The quantitative estimate of drug-likeness (QED) is 0.373. The van der Waals surface area contributed by atoms with E-state index in [1.165, 1.54) is 6.26 Å². The smallest absolute Gasteiger partial charge is 0.191 e. The van der Waals surface area contributed by atoms with Gasteiger partial charge >= 0.3 is 0 Å². The Morgan fingerprint density at radius 3 is 2.52 bits per heavy atom. The Bertz CT molecular complexity index is 589. The van der Waals surface area contributed by atoms with Gasteiger partial charge in [0.2, 0.25) is 0 Å². The van der Waals surface area contributed by atoms with E-state index in [-0.39, 0.29) is 35.1 Å². The summed E-state index contributed by atoms with van der Waals surface area (Å²) in [7, 11) is -1.22. The molecular weight excluding hydrogens is 427 g/mol. The predicted molar refractivity (Wildman–Crippen MR) is 106 cm³/mol. The molecule has 0 unspecified atom stereocenters. The van der Waals surface area contributed by atoms with Crippen molar-refractivity contribution >= 4 is 39.8 Å². The minimum atomic E-state index is -2.93. The maximum Gasteiger partial charge on any atom is 0.191 e. The second kappa shape index (κ2) is 10.1. The molecule has 2 N–H and O–H groups in total. The van der Waals surface area contributed by atoms with Crippen molar-refractivity contribution in [3.8, 4) is 0 Å². The summed E-state index contributed by atoms with van der Waals surface area (Å²) in [6.45, 7) is 5.31. The molecule has 0 aromatic carbocycles. The van der Waals surface area contributed by atoms with E-state index >= 15 is 0 Å². The van der Waals surface area contributed by atoms with Crippen molar-refractivity contribution in [1.29, 1.82) is 0 Å². The van der Waals surface area contributed by atoms with E-state index in [0.717, 1.165) is 5.69 Å². The van der Waals surface area contributed by atoms with Crippen LogP contribution in [0.25, 0.3) is 0 Å². The maximum atomic E-state index is 11.3. The number of rotatable bonds is 7. The molecule has 0 saturated carbocycles. The van der Waals surface area contributed by atoms with Gasteiger partial charge in [-0.15, -0.1) is 24.0 Å². The number of halogens is 1. The molecule has 0 fully saturated rings. The molecule has 0 amide bonds. The highest BCUT2D eigenvalue weighted by molar-refractivity contribution is 14.0. The van der Waals surface area contributed by atoms with Crippen LogP contribution in [0.3, 0.4) is 0 Å². The van der Waals surface area contributed by atoms with Crippen LogP contribution >= 0.6 is 24.0 Å². The highest BCUT2D eigenvalue weighted by Crippen LogP contribution is 2.19. The zero-order valence-corrected chi connectivity index (χ0v) is 17.3. The molecule has 1 aromatic heterocycles.